The predicted octanol–water partition coefficient (Wildman–Crippen LogP) is 1.64. The third kappa shape index (κ3) is 1.27. The minimum atomic E-state index is -1.33. The molecule has 0 aliphatic carbocycles. The molecule has 1 heterocycles. The van der Waals surface area contributed by atoms with E-state index in [1.807, 2.05) is 38.2 Å². The monoisotopic (exact) mass is 178 g/mol. The molecule has 0 aromatic heterocycles. The summed E-state index contributed by atoms with van der Waals surface area (Å²) in [6.45, 7) is 0.719. The van der Waals surface area contributed by atoms with Crippen molar-refractivity contribution < 1.29 is 9.31 Å². The highest BCUT2D eigenvalue weighted by Gasteiger charge is 2.33. The number of nitrogens with one attached hydrogen (secondary N) is 1. The molecular weight excluding hydrogens is 165 g/mol. The van der Waals surface area contributed by atoms with Crippen LogP contribution < -0.4 is 14.5 Å². The van der Waals surface area contributed by atoms with Crippen LogP contribution in [-0.2, 0) is 0 Å². The summed E-state index contributed by atoms with van der Waals surface area (Å²) in [5.74, 6) is 1.66. The zero-order valence-corrected chi connectivity index (χ0v) is 7.91. The fourth-order valence-electron chi connectivity index (χ4n) is 1.57. The lowest BCUT2D eigenvalue weighted by atomic mass is 9.69. The minimum Gasteiger partial charge on any atom is -0.668 e. The Morgan fingerprint density at radius 2 is 1.77 bits per heavy atom. The van der Waals surface area contributed by atoms with Crippen LogP contribution in [0.4, 0.5) is 0 Å². The van der Waals surface area contributed by atoms with Crippen LogP contribution in [0.1, 0.15) is 6.92 Å². The van der Waals surface area contributed by atoms with Crippen LogP contribution in [0.2, 0.25) is 6.32 Å². The molecule has 3 nitrogen and oxygen atoms in total. The highest BCUT2D eigenvalue weighted by Crippen LogP contribution is 2.36. The van der Waals surface area contributed by atoms with Gasteiger partial charge in [-0.2, -0.15) is 0 Å². The second-order valence-electron chi connectivity index (χ2n) is 3.25. The van der Waals surface area contributed by atoms with Crippen LogP contribution >= 0.6 is 0 Å². The molecule has 0 radical (unpaired) electrons. The zero-order chi connectivity index (χ0) is 9.31. The summed E-state index contributed by atoms with van der Waals surface area (Å²) in [4.78, 5) is 0. The maximum absolute atomic E-state index is 5.72. The summed E-state index contributed by atoms with van der Waals surface area (Å²) in [6, 6.07) is 7.73. The third-order valence-electron chi connectivity index (χ3n) is 2.46. The van der Waals surface area contributed by atoms with Gasteiger partial charge in [0.2, 0.25) is 0 Å². The van der Waals surface area contributed by atoms with Crippen LogP contribution in [-0.4, -0.2) is 13.7 Å². The zero-order valence-electron chi connectivity index (χ0n) is 7.91. The molecule has 1 aliphatic heterocycles. The molecule has 0 amide bonds. The van der Waals surface area contributed by atoms with E-state index in [-0.39, 0.29) is 0 Å². The smallest absolute Gasteiger partial charge is 0.424 e. The first-order valence-electron chi connectivity index (χ1n) is 4.61. The van der Waals surface area contributed by atoms with Gasteiger partial charge in [0.25, 0.3) is 0 Å². The predicted molar refractivity (Wildman–Crippen MR) is 53.0 cm³/mol. The second-order valence-corrected chi connectivity index (χ2v) is 3.25. The summed E-state index contributed by atoms with van der Waals surface area (Å²) in [6.07, 6.45) is 0.825. The molecule has 1 aromatic carbocycles. The van der Waals surface area contributed by atoms with Crippen LogP contribution in [0, 0.1) is 0 Å². The fourth-order valence-corrected chi connectivity index (χ4v) is 1.57. The molecule has 1 aliphatic rings. The first kappa shape index (κ1) is 8.44. The van der Waals surface area contributed by atoms with E-state index in [2.05, 4.69) is 5.23 Å². The van der Waals surface area contributed by atoms with Crippen molar-refractivity contribution in [2.24, 2.45) is 0 Å². The number of para-hydroxylation sites is 2. The van der Waals surface area contributed by atoms with Gasteiger partial charge in [-0.25, -0.2) is 0 Å². The molecule has 1 N–H and O–H groups in total. The van der Waals surface area contributed by atoms with E-state index >= 15 is 0 Å². The first-order valence-corrected chi connectivity index (χ1v) is 4.61. The molecule has 0 saturated carbocycles. The van der Waals surface area contributed by atoms with Crippen molar-refractivity contribution in [2.45, 2.75) is 13.2 Å². The SMILES string of the molecule is CC[B-]1(NC)Oc2ccccc2O1. The lowest BCUT2D eigenvalue weighted by Crippen LogP contribution is -2.56. The number of hydrogen-bond donors (Lipinski definition) is 1. The average Bonchev–Trinajstić information content (AvgIpc) is 2.57. The summed E-state index contributed by atoms with van der Waals surface area (Å²) in [5.41, 5.74) is 0. The van der Waals surface area contributed by atoms with Crippen molar-refractivity contribution >= 4 is 6.69 Å². The van der Waals surface area contributed by atoms with Gasteiger partial charge >= 0.3 is 6.69 Å². The molecule has 4 heteroatoms. The Balaban J connectivity index is 2.30. The van der Waals surface area contributed by atoms with Crippen molar-refractivity contribution in [3.63, 3.8) is 0 Å². The van der Waals surface area contributed by atoms with Crippen molar-refractivity contribution in [3.8, 4) is 11.5 Å². The van der Waals surface area contributed by atoms with Crippen molar-refractivity contribution in [3.05, 3.63) is 24.3 Å². The second kappa shape index (κ2) is 2.96. The van der Waals surface area contributed by atoms with Gasteiger partial charge in [0.1, 0.15) is 11.5 Å². The normalized spacial score (nSPS) is 17.4. The quantitative estimate of drug-likeness (QED) is 0.698. The van der Waals surface area contributed by atoms with Gasteiger partial charge in [0.05, 0.1) is 0 Å². The van der Waals surface area contributed by atoms with E-state index in [1.165, 1.54) is 0 Å². The fraction of sp³-hybridized carbons (Fsp3) is 0.333. The third-order valence-corrected chi connectivity index (χ3v) is 2.46. The minimum absolute atomic E-state index is 0.825. The summed E-state index contributed by atoms with van der Waals surface area (Å²) in [7, 11) is 1.86. The van der Waals surface area contributed by atoms with Crippen LogP contribution in [0.3, 0.4) is 0 Å². The number of rotatable bonds is 2. The number of benzene rings is 1. The molecule has 2 rings (SSSR count). The highest BCUT2D eigenvalue weighted by atomic mass is 16.7. The van der Waals surface area contributed by atoms with E-state index in [0.717, 1.165) is 17.8 Å². The van der Waals surface area contributed by atoms with Crippen molar-refractivity contribution in [1.29, 1.82) is 0 Å². The van der Waals surface area contributed by atoms with Crippen LogP contribution in [0.25, 0.3) is 0 Å². The largest absolute Gasteiger partial charge is 0.668 e. The van der Waals surface area contributed by atoms with Gasteiger partial charge in [-0.15, -0.1) is 0 Å². The van der Waals surface area contributed by atoms with Gasteiger partial charge in [0.15, 0.2) is 0 Å². The Labute approximate surface area is 78.0 Å². The topological polar surface area (TPSA) is 30.5 Å². The van der Waals surface area contributed by atoms with Gasteiger partial charge in [-0.05, 0) is 19.2 Å². The lowest BCUT2D eigenvalue weighted by Gasteiger charge is -2.33. The summed E-state index contributed by atoms with van der Waals surface area (Å²) < 4.78 is 11.4. The molecule has 0 fully saturated rings. The molecule has 0 atom stereocenters. The molecule has 70 valence electrons. The molecule has 0 saturated heterocycles. The number of fused-ring (bicyclic) bond motifs is 1. The molecule has 13 heavy (non-hydrogen) atoms. The average molecular weight is 178 g/mol. The molecule has 1 aromatic rings. The Kier molecular flexibility index (Phi) is 1.92. The van der Waals surface area contributed by atoms with Crippen LogP contribution in [0.5, 0.6) is 11.5 Å². The van der Waals surface area contributed by atoms with Gasteiger partial charge in [-0.3, -0.25) is 0 Å². The van der Waals surface area contributed by atoms with E-state index in [4.69, 9.17) is 9.31 Å². The van der Waals surface area contributed by atoms with E-state index in [1.54, 1.807) is 0 Å². The number of hydrogen-bond acceptors (Lipinski definition) is 3. The van der Waals surface area contributed by atoms with Gasteiger partial charge < -0.3 is 14.5 Å². The van der Waals surface area contributed by atoms with Gasteiger partial charge in [-0.1, -0.05) is 25.4 Å². The first-order chi connectivity index (χ1) is 6.29. The Hall–Kier alpha value is -1.16. The van der Waals surface area contributed by atoms with E-state index < -0.39 is 6.69 Å². The van der Waals surface area contributed by atoms with Gasteiger partial charge in [0, 0.05) is 0 Å². The standard InChI is InChI=1S/C9H13BNO2/c1-3-10(11-2)12-8-6-4-5-7-9(8)13-10/h4-7,11H,3H2,1-2H3/q-1. The highest BCUT2D eigenvalue weighted by molar-refractivity contribution is 6.67. The Morgan fingerprint density at radius 1 is 1.23 bits per heavy atom. The van der Waals surface area contributed by atoms with E-state index in [0.29, 0.717) is 0 Å². The molecular formula is C9H13BNO2-. The molecule has 0 spiro atoms. The van der Waals surface area contributed by atoms with Crippen LogP contribution in [0.15, 0.2) is 24.3 Å². The lowest BCUT2D eigenvalue weighted by molar-refractivity contribution is 0.433. The Bertz CT molecular complexity index is 285. The summed E-state index contributed by atoms with van der Waals surface area (Å²) >= 11 is 0. The Morgan fingerprint density at radius 3 is 2.15 bits per heavy atom. The molecule has 0 unspecified atom stereocenters. The van der Waals surface area contributed by atoms with Crippen molar-refractivity contribution in [2.75, 3.05) is 7.05 Å². The molecule has 0 bridgehead atoms. The maximum atomic E-state index is 5.72. The van der Waals surface area contributed by atoms with E-state index in [9.17, 15) is 0 Å². The van der Waals surface area contributed by atoms with Crippen molar-refractivity contribution in [1.82, 2.24) is 5.23 Å². The summed E-state index contributed by atoms with van der Waals surface area (Å²) in [5, 5.41) is 3.09. The maximum Gasteiger partial charge on any atom is 0.424 e.